The fourth-order valence-corrected chi connectivity index (χ4v) is 2.94. The number of halogens is 2. The number of aromatic nitrogens is 2. The summed E-state index contributed by atoms with van der Waals surface area (Å²) in [6, 6.07) is 9.80. The van der Waals surface area contributed by atoms with E-state index in [0.29, 0.717) is 37.7 Å². The van der Waals surface area contributed by atoms with E-state index >= 15 is 0 Å². The highest BCUT2D eigenvalue weighted by Crippen LogP contribution is 2.20. The van der Waals surface area contributed by atoms with Gasteiger partial charge in [0.05, 0.1) is 5.69 Å². The molecule has 0 saturated carbocycles. The Balaban J connectivity index is 1.61. The average Bonchev–Trinajstić information content (AvgIpc) is 2.67. The first kappa shape index (κ1) is 19.0. The van der Waals surface area contributed by atoms with Gasteiger partial charge in [-0.25, -0.2) is 0 Å². The van der Waals surface area contributed by atoms with Crippen LogP contribution < -0.4 is 9.64 Å². The average molecular weight is 376 g/mol. The smallest absolute Gasteiger partial charge is 0.387 e. The maximum atomic E-state index is 12.6. The molecule has 6 nitrogen and oxygen atoms in total. The molecule has 0 unspecified atom stereocenters. The third-order valence-electron chi connectivity index (χ3n) is 4.46. The lowest BCUT2D eigenvalue weighted by Gasteiger charge is -2.35. The van der Waals surface area contributed by atoms with E-state index in [1.165, 1.54) is 18.2 Å². The molecule has 1 amide bonds. The van der Waals surface area contributed by atoms with Crippen LogP contribution in [-0.4, -0.2) is 53.8 Å². The third-order valence-corrected chi connectivity index (χ3v) is 4.46. The van der Waals surface area contributed by atoms with Gasteiger partial charge in [-0.05, 0) is 36.2 Å². The van der Waals surface area contributed by atoms with Crippen molar-refractivity contribution in [3.8, 4) is 5.75 Å². The highest BCUT2D eigenvalue weighted by molar-refractivity contribution is 5.94. The summed E-state index contributed by atoms with van der Waals surface area (Å²) in [7, 11) is 0. The van der Waals surface area contributed by atoms with Gasteiger partial charge in [0.15, 0.2) is 5.82 Å². The van der Waals surface area contributed by atoms with Gasteiger partial charge in [0.25, 0.3) is 5.91 Å². The normalized spacial score (nSPS) is 14.7. The Bertz CT molecular complexity index is 776. The van der Waals surface area contributed by atoms with Gasteiger partial charge in [-0.15, -0.1) is 5.10 Å². The molecule has 1 fully saturated rings. The van der Waals surface area contributed by atoms with Gasteiger partial charge < -0.3 is 14.5 Å². The molecule has 0 N–H and O–H groups in total. The quantitative estimate of drug-likeness (QED) is 0.802. The first-order valence-corrected chi connectivity index (χ1v) is 8.87. The molecule has 8 heteroatoms. The maximum Gasteiger partial charge on any atom is 0.387 e. The monoisotopic (exact) mass is 376 g/mol. The predicted molar refractivity (Wildman–Crippen MR) is 97.3 cm³/mol. The number of alkyl halides is 2. The van der Waals surface area contributed by atoms with E-state index in [9.17, 15) is 13.6 Å². The molecular weight excluding hydrogens is 354 g/mol. The molecule has 0 atom stereocenters. The van der Waals surface area contributed by atoms with Crippen molar-refractivity contribution < 1.29 is 18.3 Å². The van der Waals surface area contributed by atoms with Crippen molar-refractivity contribution >= 4 is 11.7 Å². The van der Waals surface area contributed by atoms with Crippen molar-refractivity contribution in [2.45, 2.75) is 26.4 Å². The number of carbonyl (C=O) groups excluding carboxylic acids is 1. The first-order valence-electron chi connectivity index (χ1n) is 8.87. The molecule has 0 radical (unpaired) electrons. The van der Waals surface area contributed by atoms with Crippen LogP contribution in [0, 0.1) is 0 Å². The number of amides is 1. The van der Waals surface area contributed by atoms with Gasteiger partial charge in [-0.2, -0.15) is 13.9 Å². The topological polar surface area (TPSA) is 58.6 Å². The molecule has 1 saturated heterocycles. The van der Waals surface area contributed by atoms with Crippen LogP contribution in [0.1, 0.15) is 35.8 Å². The third kappa shape index (κ3) is 4.69. The summed E-state index contributed by atoms with van der Waals surface area (Å²) in [6.45, 7) is 3.52. The number of nitrogens with zero attached hydrogens (tertiary/aromatic N) is 4. The van der Waals surface area contributed by atoms with Crippen LogP contribution >= 0.6 is 0 Å². The maximum absolute atomic E-state index is 12.6. The highest BCUT2D eigenvalue weighted by Gasteiger charge is 2.23. The van der Waals surface area contributed by atoms with Crippen LogP contribution in [0.25, 0.3) is 0 Å². The zero-order valence-corrected chi connectivity index (χ0v) is 15.3. The molecule has 1 aromatic carbocycles. The molecule has 27 heavy (non-hydrogen) atoms. The number of ether oxygens (including phenoxy) is 1. The molecule has 3 rings (SSSR count). The SMILES string of the molecule is CC(C)c1ccc(N2CCN(C(=O)c3cccc(OC(F)F)c3)CC2)nn1. The number of benzene rings is 1. The van der Waals surface area contributed by atoms with Crippen LogP contribution in [0.5, 0.6) is 5.75 Å². The van der Waals surface area contributed by atoms with E-state index in [4.69, 9.17) is 0 Å². The molecule has 0 spiro atoms. The van der Waals surface area contributed by atoms with Gasteiger partial charge >= 0.3 is 6.61 Å². The van der Waals surface area contributed by atoms with Crippen LogP contribution in [0.2, 0.25) is 0 Å². The van der Waals surface area contributed by atoms with E-state index in [2.05, 4.69) is 33.7 Å². The number of rotatable bonds is 5. The van der Waals surface area contributed by atoms with Crippen molar-refractivity contribution in [2.24, 2.45) is 0 Å². The summed E-state index contributed by atoms with van der Waals surface area (Å²) in [5, 5.41) is 8.52. The molecule has 0 bridgehead atoms. The molecule has 0 aliphatic carbocycles. The van der Waals surface area contributed by atoms with Crippen molar-refractivity contribution in [3.63, 3.8) is 0 Å². The first-order chi connectivity index (χ1) is 12.9. The second-order valence-corrected chi connectivity index (χ2v) is 6.66. The second-order valence-electron chi connectivity index (χ2n) is 6.66. The summed E-state index contributed by atoms with van der Waals surface area (Å²) in [6.07, 6.45) is 0. The van der Waals surface area contributed by atoms with Crippen LogP contribution in [0.4, 0.5) is 14.6 Å². The van der Waals surface area contributed by atoms with Crippen molar-refractivity contribution in [1.29, 1.82) is 0 Å². The Morgan fingerprint density at radius 1 is 1.07 bits per heavy atom. The summed E-state index contributed by atoms with van der Waals surface area (Å²) in [5.41, 5.74) is 1.28. The van der Waals surface area contributed by atoms with Crippen LogP contribution in [0.3, 0.4) is 0 Å². The number of anilines is 1. The van der Waals surface area contributed by atoms with E-state index in [-0.39, 0.29) is 11.7 Å². The van der Waals surface area contributed by atoms with Gasteiger partial charge in [-0.1, -0.05) is 19.9 Å². The predicted octanol–water partition coefficient (Wildman–Crippen LogP) is 3.16. The lowest BCUT2D eigenvalue weighted by atomic mass is 10.1. The van der Waals surface area contributed by atoms with Crippen molar-refractivity contribution in [3.05, 3.63) is 47.7 Å². The Hall–Kier alpha value is -2.77. The van der Waals surface area contributed by atoms with E-state index in [0.717, 1.165) is 11.5 Å². The van der Waals surface area contributed by atoms with Gasteiger partial charge in [0.2, 0.25) is 0 Å². The highest BCUT2D eigenvalue weighted by atomic mass is 19.3. The molecule has 1 aliphatic rings. The lowest BCUT2D eigenvalue weighted by molar-refractivity contribution is -0.0499. The minimum Gasteiger partial charge on any atom is -0.435 e. The minimum absolute atomic E-state index is 0.0185. The number of hydrogen-bond acceptors (Lipinski definition) is 5. The zero-order chi connectivity index (χ0) is 19.4. The Kier molecular flexibility index (Phi) is 5.83. The van der Waals surface area contributed by atoms with Crippen molar-refractivity contribution in [1.82, 2.24) is 15.1 Å². The molecule has 2 heterocycles. The largest absolute Gasteiger partial charge is 0.435 e. The summed E-state index contributed by atoms with van der Waals surface area (Å²) in [4.78, 5) is 16.4. The van der Waals surface area contributed by atoms with E-state index in [1.54, 1.807) is 11.0 Å². The van der Waals surface area contributed by atoms with Crippen LogP contribution in [-0.2, 0) is 0 Å². The molecule has 2 aromatic rings. The van der Waals surface area contributed by atoms with Gasteiger partial charge in [-0.3, -0.25) is 4.79 Å². The van der Waals surface area contributed by atoms with E-state index < -0.39 is 6.61 Å². The fourth-order valence-electron chi connectivity index (χ4n) is 2.94. The molecule has 144 valence electrons. The molecular formula is C19H22F2N4O2. The van der Waals surface area contributed by atoms with Gasteiger partial charge in [0.1, 0.15) is 5.75 Å². The number of piperazine rings is 1. The van der Waals surface area contributed by atoms with E-state index in [1.807, 2.05) is 12.1 Å². The minimum atomic E-state index is -2.91. The molecule has 1 aromatic heterocycles. The Morgan fingerprint density at radius 3 is 2.41 bits per heavy atom. The second kappa shape index (κ2) is 8.28. The summed E-state index contributed by atoms with van der Waals surface area (Å²) < 4.78 is 29.1. The standard InChI is InChI=1S/C19H22F2N4O2/c1-13(2)16-6-7-17(23-22-16)24-8-10-25(11-9-24)18(26)14-4-3-5-15(12-14)27-19(20)21/h3-7,12-13,19H,8-11H2,1-2H3. The fraction of sp³-hybridized carbons (Fsp3) is 0.421. The number of carbonyl (C=O) groups is 1. The zero-order valence-electron chi connectivity index (χ0n) is 15.3. The van der Waals surface area contributed by atoms with Gasteiger partial charge in [0, 0.05) is 31.7 Å². The summed E-state index contributed by atoms with van der Waals surface area (Å²) >= 11 is 0. The Morgan fingerprint density at radius 2 is 1.81 bits per heavy atom. The van der Waals surface area contributed by atoms with Crippen molar-refractivity contribution in [2.75, 3.05) is 31.1 Å². The lowest BCUT2D eigenvalue weighted by Crippen LogP contribution is -2.49. The number of hydrogen-bond donors (Lipinski definition) is 0. The Labute approximate surface area is 156 Å². The summed E-state index contributed by atoms with van der Waals surface area (Å²) in [5.74, 6) is 0.898. The van der Waals surface area contributed by atoms with Crippen LogP contribution in [0.15, 0.2) is 36.4 Å². The molecule has 1 aliphatic heterocycles.